The zero-order valence-corrected chi connectivity index (χ0v) is 14.2. The number of hydrogen-bond acceptors (Lipinski definition) is 3. The number of rotatable bonds is 4. The molecule has 0 aliphatic carbocycles. The Bertz CT molecular complexity index is 676. The van der Waals surface area contributed by atoms with Gasteiger partial charge in [0, 0.05) is 11.1 Å². The van der Waals surface area contributed by atoms with Crippen LogP contribution in [0.2, 0.25) is 5.02 Å². The molecule has 1 aliphatic heterocycles. The molecule has 0 radical (unpaired) electrons. The molecule has 0 saturated carbocycles. The minimum Gasteiger partial charge on any atom is -0.322 e. The predicted molar refractivity (Wildman–Crippen MR) is 91.7 cm³/mol. The highest BCUT2D eigenvalue weighted by molar-refractivity contribution is 6.30. The average molecular weight is 333 g/mol. The van der Waals surface area contributed by atoms with Gasteiger partial charge < -0.3 is 5.32 Å². The zero-order chi connectivity index (χ0) is 16.4. The normalized spacial score (nSPS) is 18.3. The summed E-state index contributed by atoms with van der Waals surface area (Å²) in [6.07, 6.45) is 2.17. The summed E-state index contributed by atoms with van der Waals surface area (Å²) in [5.41, 5.74) is 3.70. The Labute approximate surface area is 141 Å². The Morgan fingerprint density at radius 2 is 2.13 bits per heavy atom. The summed E-state index contributed by atoms with van der Waals surface area (Å²) >= 11 is 5.96. The van der Waals surface area contributed by atoms with Gasteiger partial charge in [0.2, 0.25) is 5.91 Å². The number of aromatic nitrogens is 2. The van der Waals surface area contributed by atoms with Crippen molar-refractivity contribution in [1.29, 1.82) is 0 Å². The Kier molecular flexibility index (Phi) is 4.68. The first-order valence-electron chi connectivity index (χ1n) is 7.85. The molecule has 0 spiro atoms. The van der Waals surface area contributed by atoms with E-state index in [0.29, 0.717) is 6.54 Å². The maximum absolute atomic E-state index is 12.4. The van der Waals surface area contributed by atoms with Gasteiger partial charge in [-0.25, -0.2) is 0 Å². The van der Waals surface area contributed by atoms with Crippen LogP contribution >= 0.6 is 11.6 Å². The summed E-state index contributed by atoms with van der Waals surface area (Å²) in [6.45, 7) is 5.11. The summed E-state index contributed by atoms with van der Waals surface area (Å²) < 4.78 is 0. The number of aromatic amines is 1. The zero-order valence-electron chi connectivity index (χ0n) is 13.4. The minimum absolute atomic E-state index is 0.00142. The molecule has 1 atom stereocenters. The third-order valence-corrected chi connectivity index (χ3v) is 4.61. The maximum Gasteiger partial charge on any atom is 0.238 e. The number of likely N-dealkylation sites (tertiary alicyclic amines) is 1. The lowest BCUT2D eigenvalue weighted by Gasteiger charge is -2.24. The Morgan fingerprint density at radius 3 is 2.78 bits per heavy atom. The number of hydrogen-bond donors (Lipinski definition) is 2. The van der Waals surface area contributed by atoms with Gasteiger partial charge in [0.05, 0.1) is 23.6 Å². The van der Waals surface area contributed by atoms with Crippen LogP contribution < -0.4 is 5.32 Å². The molecule has 1 amide bonds. The van der Waals surface area contributed by atoms with Gasteiger partial charge in [-0.3, -0.25) is 14.8 Å². The maximum atomic E-state index is 12.4. The molecule has 1 aromatic carbocycles. The fourth-order valence-electron chi connectivity index (χ4n) is 3.18. The summed E-state index contributed by atoms with van der Waals surface area (Å²) in [7, 11) is 0. The van der Waals surface area contributed by atoms with E-state index in [1.807, 2.05) is 38.1 Å². The minimum atomic E-state index is -0.00142. The second kappa shape index (κ2) is 6.72. The van der Waals surface area contributed by atoms with Crippen LogP contribution in [0, 0.1) is 13.8 Å². The quantitative estimate of drug-likeness (QED) is 0.901. The Balaban J connectivity index is 1.66. The molecule has 2 heterocycles. The number of amides is 1. The van der Waals surface area contributed by atoms with Crippen molar-refractivity contribution in [2.45, 2.75) is 32.7 Å². The van der Waals surface area contributed by atoms with E-state index in [1.165, 1.54) is 5.56 Å². The van der Waals surface area contributed by atoms with Crippen molar-refractivity contribution in [2.24, 2.45) is 0 Å². The molecule has 2 aromatic rings. The molecule has 2 N–H and O–H groups in total. The molecule has 3 rings (SSSR count). The second-order valence-corrected chi connectivity index (χ2v) is 6.47. The van der Waals surface area contributed by atoms with Crippen molar-refractivity contribution in [1.82, 2.24) is 15.1 Å². The van der Waals surface area contributed by atoms with Gasteiger partial charge in [0.15, 0.2) is 0 Å². The van der Waals surface area contributed by atoms with E-state index in [0.717, 1.165) is 41.5 Å². The number of nitrogens with one attached hydrogen (secondary N) is 2. The second-order valence-electron chi connectivity index (χ2n) is 6.04. The van der Waals surface area contributed by atoms with Crippen LogP contribution in [0.5, 0.6) is 0 Å². The number of carbonyl (C=O) groups is 1. The number of benzene rings is 1. The summed E-state index contributed by atoms with van der Waals surface area (Å²) in [4.78, 5) is 14.6. The summed E-state index contributed by atoms with van der Waals surface area (Å²) in [5, 5.41) is 10.7. The van der Waals surface area contributed by atoms with Crippen molar-refractivity contribution >= 4 is 23.2 Å². The van der Waals surface area contributed by atoms with Crippen LogP contribution in [0.15, 0.2) is 24.3 Å². The fraction of sp³-hybridized carbons (Fsp3) is 0.412. The molecule has 5 nitrogen and oxygen atoms in total. The van der Waals surface area contributed by atoms with Gasteiger partial charge in [-0.15, -0.1) is 0 Å². The highest BCUT2D eigenvalue weighted by Crippen LogP contribution is 2.32. The van der Waals surface area contributed by atoms with E-state index in [2.05, 4.69) is 20.4 Å². The third kappa shape index (κ3) is 3.57. The molecular weight excluding hydrogens is 312 g/mol. The smallest absolute Gasteiger partial charge is 0.238 e. The number of nitrogens with zero attached hydrogens (tertiary/aromatic N) is 2. The van der Waals surface area contributed by atoms with Gasteiger partial charge in [-0.05, 0) is 50.9 Å². The first-order chi connectivity index (χ1) is 11.0. The standard InChI is InChI=1S/C17H21ClN4O/c1-11-17(12(2)21-20-11)19-16(23)10-22-9-3-4-15(22)13-5-7-14(18)8-6-13/h5-8,15H,3-4,9-10H2,1-2H3,(H,19,23)(H,20,21). The summed E-state index contributed by atoms with van der Waals surface area (Å²) in [5.74, 6) is -0.00142. The van der Waals surface area contributed by atoms with Gasteiger partial charge in [0.25, 0.3) is 0 Å². The lowest BCUT2D eigenvalue weighted by Crippen LogP contribution is -2.33. The highest BCUT2D eigenvalue weighted by Gasteiger charge is 2.27. The first-order valence-corrected chi connectivity index (χ1v) is 8.23. The molecule has 1 aliphatic rings. The SMILES string of the molecule is Cc1n[nH]c(C)c1NC(=O)CN1CCCC1c1ccc(Cl)cc1. The number of carbonyl (C=O) groups excluding carboxylic acids is 1. The van der Waals surface area contributed by atoms with Crippen LogP contribution in [0.3, 0.4) is 0 Å². The van der Waals surface area contributed by atoms with Crippen LogP contribution in [0.25, 0.3) is 0 Å². The van der Waals surface area contributed by atoms with E-state index in [9.17, 15) is 4.79 Å². The number of aryl methyl sites for hydroxylation is 2. The molecular formula is C17H21ClN4O. The van der Waals surface area contributed by atoms with Crippen LogP contribution in [0.4, 0.5) is 5.69 Å². The van der Waals surface area contributed by atoms with Crippen LogP contribution in [-0.2, 0) is 4.79 Å². The largest absolute Gasteiger partial charge is 0.322 e. The van der Waals surface area contributed by atoms with Gasteiger partial charge in [0.1, 0.15) is 0 Å². The molecule has 0 bridgehead atoms. The molecule has 1 fully saturated rings. The lowest BCUT2D eigenvalue weighted by molar-refractivity contribution is -0.117. The van der Waals surface area contributed by atoms with Crippen LogP contribution in [-0.4, -0.2) is 34.1 Å². The molecule has 1 aromatic heterocycles. The molecule has 1 unspecified atom stereocenters. The van der Waals surface area contributed by atoms with Crippen molar-refractivity contribution in [3.05, 3.63) is 46.2 Å². The number of H-pyrrole nitrogens is 1. The van der Waals surface area contributed by atoms with Gasteiger partial charge >= 0.3 is 0 Å². The summed E-state index contributed by atoms with van der Waals surface area (Å²) in [6, 6.07) is 8.20. The van der Waals surface area contributed by atoms with E-state index < -0.39 is 0 Å². The first kappa shape index (κ1) is 16.0. The van der Waals surface area contributed by atoms with Crippen molar-refractivity contribution in [3.8, 4) is 0 Å². The Morgan fingerprint density at radius 1 is 1.39 bits per heavy atom. The molecule has 23 heavy (non-hydrogen) atoms. The van der Waals surface area contributed by atoms with Crippen molar-refractivity contribution in [2.75, 3.05) is 18.4 Å². The van der Waals surface area contributed by atoms with Gasteiger partial charge in [-0.2, -0.15) is 5.10 Å². The third-order valence-electron chi connectivity index (χ3n) is 4.36. The predicted octanol–water partition coefficient (Wildman–Crippen LogP) is 3.46. The van der Waals surface area contributed by atoms with E-state index >= 15 is 0 Å². The fourth-order valence-corrected chi connectivity index (χ4v) is 3.30. The van der Waals surface area contributed by atoms with Crippen LogP contribution in [0.1, 0.15) is 35.8 Å². The average Bonchev–Trinajstić information content (AvgIpc) is 3.10. The van der Waals surface area contributed by atoms with E-state index in [4.69, 9.17) is 11.6 Å². The van der Waals surface area contributed by atoms with Gasteiger partial charge in [-0.1, -0.05) is 23.7 Å². The van der Waals surface area contributed by atoms with Crippen molar-refractivity contribution in [3.63, 3.8) is 0 Å². The van der Waals surface area contributed by atoms with E-state index in [-0.39, 0.29) is 11.9 Å². The van der Waals surface area contributed by atoms with E-state index in [1.54, 1.807) is 0 Å². The lowest BCUT2D eigenvalue weighted by atomic mass is 10.0. The molecule has 1 saturated heterocycles. The number of anilines is 1. The highest BCUT2D eigenvalue weighted by atomic mass is 35.5. The number of halogens is 1. The monoisotopic (exact) mass is 332 g/mol. The molecule has 6 heteroatoms. The molecule has 122 valence electrons. The Hall–Kier alpha value is -1.85. The topological polar surface area (TPSA) is 61.0 Å². The van der Waals surface area contributed by atoms with Crippen molar-refractivity contribution < 1.29 is 4.79 Å².